The van der Waals surface area contributed by atoms with Crippen molar-refractivity contribution in [1.82, 2.24) is 10.2 Å². The Hall–Kier alpha value is -0.780. The lowest BCUT2D eigenvalue weighted by Crippen LogP contribution is -1.91. The Morgan fingerprint density at radius 2 is 2.18 bits per heavy atom. The number of aromatic nitrogens is 2. The summed E-state index contributed by atoms with van der Waals surface area (Å²) < 4.78 is 6.09. The maximum Gasteiger partial charge on any atom is 0.320 e. The maximum absolute atomic E-state index is 5.96. The minimum absolute atomic E-state index is 0.313. The molecule has 0 aliphatic heterocycles. The van der Waals surface area contributed by atoms with Gasteiger partial charge in [0.25, 0.3) is 0 Å². The number of rotatable bonds is 4. The number of benzene rings is 1. The van der Waals surface area contributed by atoms with Gasteiger partial charge in [0.2, 0.25) is 5.89 Å². The van der Waals surface area contributed by atoms with Crippen molar-refractivity contribution in [2.45, 2.75) is 6.42 Å². The topological polar surface area (TPSA) is 51.0 Å². The molecule has 1 aromatic heterocycles. The average Bonchev–Trinajstić information content (AvgIpc) is 2.73. The van der Waals surface area contributed by atoms with Crippen molar-refractivity contribution < 1.29 is 4.42 Å². The summed E-state index contributed by atoms with van der Waals surface area (Å²) in [7, 11) is 0. The minimum atomic E-state index is 0.313. The molecule has 0 saturated heterocycles. The molecule has 90 valence electrons. The van der Waals surface area contributed by atoms with Gasteiger partial charge in [0.1, 0.15) is 0 Å². The summed E-state index contributed by atoms with van der Waals surface area (Å²) >= 11 is 14.9. The second kappa shape index (κ2) is 5.71. The Balaban J connectivity index is 2.16. The molecule has 0 aliphatic rings. The largest absolute Gasteiger partial charge is 0.408 e. The molecule has 0 amide bonds. The van der Waals surface area contributed by atoms with Gasteiger partial charge in [-0.15, -0.1) is 16.7 Å². The zero-order chi connectivity index (χ0) is 12.3. The number of hydrogen-bond acceptors (Lipinski definition) is 4. The van der Waals surface area contributed by atoms with Gasteiger partial charge in [-0.1, -0.05) is 22.8 Å². The van der Waals surface area contributed by atoms with Crippen LogP contribution in [0.15, 0.2) is 27.1 Å². The predicted octanol–water partition coefficient (Wildman–Crippen LogP) is 4.01. The van der Waals surface area contributed by atoms with Crippen LogP contribution >= 0.6 is 39.1 Å². The van der Waals surface area contributed by atoms with Crippen LogP contribution in [0.1, 0.15) is 5.89 Å². The van der Waals surface area contributed by atoms with Gasteiger partial charge in [0, 0.05) is 12.3 Å². The van der Waals surface area contributed by atoms with E-state index < -0.39 is 0 Å². The molecule has 0 unspecified atom stereocenters. The fourth-order valence-electron chi connectivity index (χ4n) is 1.20. The van der Waals surface area contributed by atoms with E-state index in [0.717, 1.165) is 10.2 Å². The molecule has 1 N–H and O–H groups in total. The van der Waals surface area contributed by atoms with Crippen molar-refractivity contribution in [3.05, 3.63) is 33.6 Å². The summed E-state index contributed by atoms with van der Waals surface area (Å²) in [6, 6.07) is 5.77. The maximum atomic E-state index is 5.96. The Bertz CT molecular complexity index is 518. The second-order valence-corrected chi connectivity index (χ2v) is 4.74. The fraction of sp³-hybridized carbons (Fsp3) is 0.200. The van der Waals surface area contributed by atoms with E-state index in [9.17, 15) is 0 Å². The Kier molecular flexibility index (Phi) is 4.25. The minimum Gasteiger partial charge on any atom is -0.408 e. The molecular weight excluding hydrogens is 329 g/mol. The zero-order valence-electron chi connectivity index (χ0n) is 8.58. The molecule has 0 saturated carbocycles. The van der Waals surface area contributed by atoms with Crippen LogP contribution in [0.5, 0.6) is 0 Å². The van der Waals surface area contributed by atoms with Crippen LogP contribution in [0.4, 0.5) is 11.7 Å². The highest BCUT2D eigenvalue weighted by Crippen LogP contribution is 2.31. The van der Waals surface area contributed by atoms with Crippen molar-refractivity contribution in [3.63, 3.8) is 0 Å². The molecule has 7 heteroatoms. The van der Waals surface area contributed by atoms with Crippen LogP contribution in [0.25, 0.3) is 0 Å². The third kappa shape index (κ3) is 3.12. The van der Waals surface area contributed by atoms with E-state index in [2.05, 4.69) is 31.4 Å². The molecule has 4 nitrogen and oxygen atoms in total. The van der Waals surface area contributed by atoms with Gasteiger partial charge >= 0.3 is 6.01 Å². The van der Waals surface area contributed by atoms with Crippen molar-refractivity contribution in [2.75, 3.05) is 11.2 Å². The van der Waals surface area contributed by atoms with Crippen molar-refractivity contribution in [1.29, 1.82) is 0 Å². The first-order valence-electron chi connectivity index (χ1n) is 4.80. The van der Waals surface area contributed by atoms with E-state index in [4.69, 9.17) is 27.6 Å². The van der Waals surface area contributed by atoms with Gasteiger partial charge in [-0.2, -0.15) is 0 Å². The van der Waals surface area contributed by atoms with E-state index in [1.165, 1.54) is 0 Å². The first-order chi connectivity index (χ1) is 8.20. The van der Waals surface area contributed by atoms with Crippen LogP contribution in [0.2, 0.25) is 5.02 Å². The molecule has 2 aromatic rings. The third-order valence-corrected chi connectivity index (χ3v) is 3.55. The number of hydrogen-bond donors (Lipinski definition) is 1. The van der Waals surface area contributed by atoms with Gasteiger partial charge in [0.15, 0.2) is 0 Å². The molecule has 0 radical (unpaired) electrons. The number of anilines is 2. The molecule has 0 atom stereocenters. The van der Waals surface area contributed by atoms with Gasteiger partial charge in [-0.3, -0.25) is 0 Å². The van der Waals surface area contributed by atoms with Gasteiger partial charge in [-0.25, -0.2) is 0 Å². The molecule has 0 bridgehead atoms. The highest BCUT2D eigenvalue weighted by Gasteiger charge is 2.09. The van der Waals surface area contributed by atoms with Crippen molar-refractivity contribution in [2.24, 2.45) is 0 Å². The molecule has 1 heterocycles. The molecule has 0 fully saturated rings. The van der Waals surface area contributed by atoms with Crippen molar-refractivity contribution in [3.8, 4) is 0 Å². The Labute approximate surface area is 116 Å². The van der Waals surface area contributed by atoms with Gasteiger partial charge < -0.3 is 9.73 Å². The Morgan fingerprint density at radius 3 is 2.94 bits per heavy atom. The van der Waals surface area contributed by atoms with Gasteiger partial charge in [-0.05, 0) is 28.1 Å². The monoisotopic (exact) mass is 335 g/mol. The Morgan fingerprint density at radius 1 is 1.35 bits per heavy atom. The molecular formula is C10H8BrCl2N3O. The van der Waals surface area contributed by atoms with Crippen molar-refractivity contribution >= 4 is 50.8 Å². The van der Waals surface area contributed by atoms with E-state index >= 15 is 0 Å². The first-order valence-corrected chi connectivity index (χ1v) is 6.50. The summed E-state index contributed by atoms with van der Waals surface area (Å²) in [5, 5.41) is 11.3. The lowest BCUT2D eigenvalue weighted by atomic mass is 10.3. The number of aryl methyl sites for hydroxylation is 1. The molecule has 17 heavy (non-hydrogen) atoms. The highest BCUT2D eigenvalue weighted by atomic mass is 79.9. The van der Waals surface area contributed by atoms with Crippen LogP contribution in [0, 0.1) is 0 Å². The predicted molar refractivity (Wildman–Crippen MR) is 71.2 cm³/mol. The average molecular weight is 337 g/mol. The smallest absolute Gasteiger partial charge is 0.320 e. The lowest BCUT2D eigenvalue weighted by Gasteiger charge is -2.04. The fourth-order valence-corrected chi connectivity index (χ4v) is 1.90. The molecule has 2 rings (SSSR count). The summed E-state index contributed by atoms with van der Waals surface area (Å²) in [5.74, 6) is 0.948. The van der Waals surface area contributed by atoms with Gasteiger partial charge in [0.05, 0.1) is 15.2 Å². The molecule has 0 aliphatic carbocycles. The van der Waals surface area contributed by atoms with E-state index in [1.807, 2.05) is 12.1 Å². The normalized spacial score (nSPS) is 10.5. The molecule has 0 spiro atoms. The second-order valence-electron chi connectivity index (χ2n) is 3.17. The van der Waals surface area contributed by atoms with E-state index in [0.29, 0.717) is 29.2 Å². The highest BCUT2D eigenvalue weighted by molar-refractivity contribution is 9.10. The van der Waals surface area contributed by atoms with E-state index in [1.54, 1.807) is 6.07 Å². The third-order valence-electron chi connectivity index (χ3n) is 1.97. The lowest BCUT2D eigenvalue weighted by molar-refractivity contribution is 0.516. The van der Waals surface area contributed by atoms with Crippen LogP contribution in [0.3, 0.4) is 0 Å². The SMILES string of the molecule is ClCCc1nnc(Nc2cccc(Cl)c2Br)o1. The summed E-state index contributed by atoms with van der Waals surface area (Å²) in [5.41, 5.74) is 0.763. The quantitative estimate of drug-likeness (QED) is 0.857. The number of halogens is 3. The summed E-state index contributed by atoms with van der Waals surface area (Å²) in [6.45, 7) is 0. The first kappa shape index (κ1) is 12.7. The number of alkyl halides is 1. The zero-order valence-corrected chi connectivity index (χ0v) is 11.7. The van der Waals surface area contributed by atoms with Crippen LogP contribution < -0.4 is 5.32 Å². The summed E-state index contributed by atoms with van der Waals surface area (Å²) in [6.07, 6.45) is 0.549. The molecule has 1 aromatic carbocycles. The standard InChI is InChI=1S/C10H8BrCl2N3O/c11-9-6(13)2-1-3-7(9)14-10-16-15-8(17-10)4-5-12/h1-3H,4-5H2,(H,14,16). The number of nitrogens with one attached hydrogen (secondary N) is 1. The van der Waals surface area contributed by atoms with Crippen LogP contribution in [-0.4, -0.2) is 16.1 Å². The summed E-state index contributed by atoms with van der Waals surface area (Å²) in [4.78, 5) is 0. The van der Waals surface area contributed by atoms with E-state index in [-0.39, 0.29) is 0 Å². The van der Waals surface area contributed by atoms with Crippen LogP contribution in [-0.2, 0) is 6.42 Å². The number of nitrogens with zero attached hydrogens (tertiary/aromatic N) is 2.